The summed E-state index contributed by atoms with van der Waals surface area (Å²) in [6.45, 7) is 11.4. The number of alkyl halides is 2. The van der Waals surface area contributed by atoms with Crippen molar-refractivity contribution < 1.29 is 37.0 Å². The standard InChI is InChI=1S/C34H42F3N7O5/c1-20(2)44(18-28(36)37)32(45)24-17-22(35)7-8-26(24)48-31-30(39-19-40-41-31)42-14-10-23(11-15-42)47-27-9-13-38-25-12-16-43(21(3)29(25)27)33(46)49-34(4,5)6/h7-9,13,17,19-21,23,28H,10-12,14-16,18H2,1-6H3. The maximum atomic E-state index is 14.3. The monoisotopic (exact) mass is 685 g/mol. The molecule has 264 valence electrons. The number of amides is 2. The first-order chi connectivity index (χ1) is 23.2. The molecule has 0 saturated carbocycles. The fourth-order valence-electron chi connectivity index (χ4n) is 5.99. The highest BCUT2D eigenvalue weighted by molar-refractivity contribution is 5.97. The van der Waals surface area contributed by atoms with Gasteiger partial charge in [-0.3, -0.25) is 9.78 Å². The van der Waals surface area contributed by atoms with Crippen LogP contribution in [0.5, 0.6) is 17.4 Å². The van der Waals surface area contributed by atoms with Crippen molar-refractivity contribution in [1.29, 1.82) is 0 Å². The van der Waals surface area contributed by atoms with Crippen molar-refractivity contribution in [3.63, 3.8) is 0 Å². The van der Waals surface area contributed by atoms with E-state index in [-0.39, 0.29) is 35.4 Å². The smallest absolute Gasteiger partial charge is 0.410 e. The average Bonchev–Trinajstić information content (AvgIpc) is 3.04. The van der Waals surface area contributed by atoms with E-state index >= 15 is 0 Å². The van der Waals surface area contributed by atoms with E-state index in [2.05, 4.69) is 20.2 Å². The third-order valence-corrected chi connectivity index (χ3v) is 8.34. The third-order valence-electron chi connectivity index (χ3n) is 8.34. The summed E-state index contributed by atoms with van der Waals surface area (Å²) in [4.78, 5) is 39.8. The second-order valence-corrected chi connectivity index (χ2v) is 13.3. The summed E-state index contributed by atoms with van der Waals surface area (Å²) >= 11 is 0. The molecule has 1 unspecified atom stereocenters. The van der Waals surface area contributed by atoms with Crippen LogP contribution in [-0.4, -0.2) is 92.3 Å². The van der Waals surface area contributed by atoms with Gasteiger partial charge in [0, 0.05) is 56.7 Å². The minimum absolute atomic E-state index is 0.0215. The van der Waals surface area contributed by atoms with Gasteiger partial charge in [-0.2, -0.15) is 0 Å². The molecule has 49 heavy (non-hydrogen) atoms. The van der Waals surface area contributed by atoms with Gasteiger partial charge in [0.25, 0.3) is 18.2 Å². The van der Waals surface area contributed by atoms with E-state index in [1.165, 1.54) is 12.4 Å². The fourth-order valence-corrected chi connectivity index (χ4v) is 5.99. The maximum absolute atomic E-state index is 14.3. The van der Waals surface area contributed by atoms with E-state index in [1.54, 1.807) is 24.9 Å². The van der Waals surface area contributed by atoms with Crippen molar-refractivity contribution in [3.8, 4) is 17.4 Å². The van der Waals surface area contributed by atoms with Crippen LogP contribution >= 0.6 is 0 Å². The summed E-state index contributed by atoms with van der Waals surface area (Å²) in [5.74, 6) is -0.585. The van der Waals surface area contributed by atoms with Crippen molar-refractivity contribution >= 4 is 17.8 Å². The quantitative estimate of drug-likeness (QED) is 0.257. The second kappa shape index (κ2) is 14.8. The van der Waals surface area contributed by atoms with Gasteiger partial charge in [0.1, 0.15) is 35.3 Å². The molecule has 3 aromatic rings. The Balaban J connectivity index is 1.29. The molecule has 0 spiro atoms. The average molecular weight is 686 g/mol. The molecule has 2 aliphatic heterocycles. The zero-order valence-electron chi connectivity index (χ0n) is 28.5. The Morgan fingerprint density at radius 1 is 1.06 bits per heavy atom. The Labute approximate surface area is 283 Å². The van der Waals surface area contributed by atoms with Gasteiger partial charge in [0.2, 0.25) is 0 Å². The summed E-state index contributed by atoms with van der Waals surface area (Å²) in [5.41, 5.74) is 0.916. The zero-order chi connectivity index (χ0) is 35.5. The van der Waals surface area contributed by atoms with Crippen LogP contribution in [0.4, 0.5) is 23.8 Å². The largest absolute Gasteiger partial charge is 0.490 e. The van der Waals surface area contributed by atoms with Crippen LogP contribution in [0.15, 0.2) is 36.8 Å². The number of piperidine rings is 1. The first-order valence-electron chi connectivity index (χ1n) is 16.3. The van der Waals surface area contributed by atoms with Crippen molar-refractivity contribution in [2.75, 3.05) is 31.1 Å². The number of nitrogens with zero attached hydrogens (tertiary/aromatic N) is 7. The minimum atomic E-state index is -2.77. The highest BCUT2D eigenvalue weighted by Gasteiger charge is 2.35. The Morgan fingerprint density at radius 3 is 2.47 bits per heavy atom. The first kappa shape index (κ1) is 35.6. The maximum Gasteiger partial charge on any atom is 0.410 e. The van der Waals surface area contributed by atoms with Gasteiger partial charge in [0.15, 0.2) is 5.82 Å². The summed E-state index contributed by atoms with van der Waals surface area (Å²) in [6.07, 6.45) is 1.50. The molecule has 1 aromatic carbocycles. The van der Waals surface area contributed by atoms with Crippen LogP contribution < -0.4 is 14.4 Å². The van der Waals surface area contributed by atoms with E-state index in [0.717, 1.165) is 28.3 Å². The lowest BCUT2D eigenvalue weighted by Gasteiger charge is -2.38. The highest BCUT2D eigenvalue weighted by atomic mass is 19.3. The van der Waals surface area contributed by atoms with Gasteiger partial charge in [0.05, 0.1) is 23.8 Å². The van der Waals surface area contributed by atoms with Crippen molar-refractivity contribution in [1.82, 2.24) is 30.0 Å². The Bertz CT molecular complexity index is 1650. The number of halogens is 3. The van der Waals surface area contributed by atoms with E-state index in [4.69, 9.17) is 14.2 Å². The molecule has 1 fully saturated rings. The van der Waals surface area contributed by atoms with Crippen LogP contribution in [0.25, 0.3) is 0 Å². The van der Waals surface area contributed by atoms with E-state index < -0.39 is 36.3 Å². The number of anilines is 1. The molecule has 1 saturated heterocycles. The molecule has 5 rings (SSSR count). The van der Waals surface area contributed by atoms with Crippen LogP contribution in [0.2, 0.25) is 0 Å². The SMILES string of the molecule is CC(C)N(CC(F)F)C(=O)c1cc(F)ccc1Oc1nncnc1N1CCC(Oc2ccnc3c2C(C)N(C(=O)OC(C)(C)C)CC3)CC1. The molecular formula is C34H42F3N7O5. The zero-order valence-corrected chi connectivity index (χ0v) is 28.5. The fraction of sp³-hybridized carbons (Fsp3) is 0.529. The predicted octanol–water partition coefficient (Wildman–Crippen LogP) is 6.22. The van der Waals surface area contributed by atoms with Crippen molar-refractivity contribution in [3.05, 3.63) is 59.4 Å². The molecule has 15 heteroatoms. The molecule has 12 nitrogen and oxygen atoms in total. The predicted molar refractivity (Wildman–Crippen MR) is 174 cm³/mol. The van der Waals surface area contributed by atoms with Crippen LogP contribution in [0, 0.1) is 5.82 Å². The van der Waals surface area contributed by atoms with Crippen molar-refractivity contribution in [2.24, 2.45) is 0 Å². The molecule has 1 atom stereocenters. The molecule has 2 aromatic heterocycles. The minimum Gasteiger partial charge on any atom is -0.490 e. The number of pyridine rings is 1. The molecule has 2 aliphatic rings. The van der Waals surface area contributed by atoms with Gasteiger partial charge in [-0.05, 0) is 65.8 Å². The number of rotatable bonds is 9. The molecule has 2 amide bonds. The molecule has 0 N–H and O–H groups in total. The third kappa shape index (κ3) is 8.49. The number of fused-ring (bicyclic) bond motifs is 1. The Hall–Kier alpha value is -4.69. The summed E-state index contributed by atoms with van der Waals surface area (Å²) in [6, 6.07) is 4.28. The molecule has 0 bridgehead atoms. The molecular weight excluding hydrogens is 643 g/mol. The topological polar surface area (TPSA) is 123 Å². The van der Waals surface area contributed by atoms with E-state index in [9.17, 15) is 22.8 Å². The van der Waals surface area contributed by atoms with Gasteiger partial charge < -0.3 is 28.9 Å². The van der Waals surface area contributed by atoms with Gasteiger partial charge in [-0.15, -0.1) is 10.2 Å². The number of hydrogen-bond donors (Lipinski definition) is 0. The van der Waals surface area contributed by atoms with Crippen LogP contribution in [0.1, 0.15) is 82.0 Å². The Kier molecular flexibility index (Phi) is 10.8. The van der Waals surface area contributed by atoms with Gasteiger partial charge in [-0.1, -0.05) is 0 Å². The summed E-state index contributed by atoms with van der Waals surface area (Å²) < 4.78 is 59.0. The lowest BCUT2D eigenvalue weighted by atomic mass is 9.97. The number of hydrogen-bond acceptors (Lipinski definition) is 10. The number of aromatic nitrogens is 4. The van der Waals surface area contributed by atoms with Crippen LogP contribution in [0.3, 0.4) is 0 Å². The molecule has 0 radical (unpaired) electrons. The van der Waals surface area contributed by atoms with E-state index in [0.29, 0.717) is 50.5 Å². The molecule has 4 heterocycles. The molecule has 0 aliphatic carbocycles. The number of benzene rings is 1. The lowest BCUT2D eigenvalue weighted by molar-refractivity contribution is 0.0153. The summed E-state index contributed by atoms with van der Waals surface area (Å²) in [7, 11) is 0. The highest BCUT2D eigenvalue weighted by Crippen LogP contribution is 2.38. The number of carbonyl (C=O) groups is 2. The van der Waals surface area contributed by atoms with Gasteiger partial charge in [-0.25, -0.2) is 22.9 Å². The van der Waals surface area contributed by atoms with Gasteiger partial charge >= 0.3 is 6.09 Å². The lowest BCUT2D eigenvalue weighted by Crippen LogP contribution is -2.43. The number of ether oxygens (including phenoxy) is 3. The van der Waals surface area contributed by atoms with E-state index in [1.807, 2.05) is 38.7 Å². The van der Waals surface area contributed by atoms with Crippen molar-refractivity contribution in [2.45, 2.75) is 91.0 Å². The van der Waals surface area contributed by atoms with Crippen LogP contribution in [-0.2, 0) is 11.2 Å². The number of carbonyl (C=O) groups excluding carboxylic acids is 2. The summed E-state index contributed by atoms with van der Waals surface area (Å²) in [5, 5.41) is 7.93. The second-order valence-electron chi connectivity index (χ2n) is 13.3. The normalized spacial score (nSPS) is 16.8. The first-order valence-corrected chi connectivity index (χ1v) is 16.3. The Morgan fingerprint density at radius 2 is 1.80 bits per heavy atom.